The highest BCUT2D eigenvalue weighted by Crippen LogP contribution is 2.39. The predicted molar refractivity (Wildman–Crippen MR) is 108 cm³/mol. The first-order chi connectivity index (χ1) is 13.1. The Morgan fingerprint density at radius 2 is 1.70 bits per heavy atom. The van der Waals surface area contributed by atoms with E-state index in [4.69, 9.17) is 4.74 Å². The molecule has 4 rings (SSSR count). The Balaban J connectivity index is 1.67. The van der Waals surface area contributed by atoms with Gasteiger partial charge in [-0.2, -0.15) is 0 Å². The summed E-state index contributed by atoms with van der Waals surface area (Å²) >= 11 is 0. The molecule has 0 amide bonds. The lowest BCUT2D eigenvalue weighted by Gasteiger charge is -2.32. The van der Waals surface area contributed by atoms with Crippen LogP contribution in [0.3, 0.4) is 0 Å². The van der Waals surface area contributed by atoms with Crippen LogP contribution in [0.25, 0.3) is 0 Å². The molecule has 5 heteroatoms. The number of para-hydroxylation sites is 1. The number of fused-ring (bicyclic) bond motifs is 1. The monoisotopic (exact) mass is 385 g/mol. The summed E-state index contributed by atoms with van der Waals surface area (Å²) < 4.78 is 33.7. The van der Waals surface area contributed by atoms with Gasteiger partial charge in [-0.1, -0.05) is 43.5 Å². The number of hydrogen-bond acceptors (Lipinski definition) is 3. The molecule has 0 radical (unpaired) electrons. The van der Waals surface area contributed by atoms with Gasteiger partial charge < -0.3 is 4.74 Å². The molecule has 1 heterocycles. The van der Waals surface area contributed by atoms with Crippen molar-refractivity contribution in [1.29, 1.82) is 0 Å². The molecule has 0 spiro atoms. The molecule has 2 aromatic rings. The number of aryl methyl sites for hydroxylation is 1. The third-order valence-corrected chi connectivity index (χ3v) is 7.72. The number of rotatable bonds is 4. The quantitative estimate of drug-likeness (QED) is 0.753. The Morgan fingerprint density at radius 3 is 2.41 bits per heavy atom. The SMILES string of the molecule is COc1cccc2c1N(S(=O)(=O)c1ccc(C3CCCCC3)cc1)CCC2. The van der Waals surface area contributed by atoms with Gasteiger partial charge in [0.2, 0.25) is 0 Å². The Hall–Kier alpha value is -2.01. The van der Waals surface area contributed by atoms with Crippen molar-refractivity contribution in [3.8, 4) is 5.75 Å². The third-order valence-electron chi connectivity index (χ3n) is 5.90. The van der Waals surface area contributed by atoms with Crippen molar-refractivity contribution >= 4 is 15.7 Å². The van der Waals surface area contributed by atoms with Crippen LogP contribution < -0.4 is 9.04 Å². The van der Waals surface area contributed by atoms with E-state index in [0.717, 1.165) is 18.4 Å². The Labute approximate surface area is 162 Å². The molecule has 0 aromatic heterocycles. The number of anilines is 1. The summed E-state index contributed by atoms with van der Waals surface area (Å²) in [5.74, 6) is 1.20. The molecule has 1 aliphatic carbocycles. The molecule has 2 aromatic carbocycles. The smallest absolute Gasteiger partial charge is 0.264 e. The fraction of sp³-hybridized carbons (Fsp3) is 0.455. The lowest BCUT2D eigenvalue weighted by Crippen LogP contribution is -2.35. The number of methoxy groups -OCH3 is 1. The fourth-order valence-corrected chi connectivity index (χ4v) is 6.01. The maximum Gasteiger partial charge on any atom is 0.264 e. The fourth-order valence-electron chi connectivity index (χ4n) is 4.46. The van der Waals surface area contributed by atoms with Crippen molar-refractivity contribution in [2.45, 2.75) is 55.8 Å². The zero-order chi connectivity index (χ0) is 18.9. The highest BCUT2D eigenvalue weighted by Gasteiger charge is 2.31. The highest BCUT2D eigenvalue weighted by molar-refractivity contribution is 7.92. The molecular weight excluding hydrogens is 358 g/mol. The molecule has 144 valence electrons. The standard InChI is InChI=1S/C22H27NO3S/c1-26-21-11-5-9-19-10-6-16-23(22(19)21)27(24,25)20-14-12-18(13-15-20)17-7-3-2-4-8-17/h5,9,11-15,17H,2-4,6-8,10,16H2,1H3. The van der Waals surface area contributed by atoms with Crippen molar-refractivity contribution in [2.75, 3.05) is 18.0 Å². The van der Waals surface area contributed by atoms with E-state index in [9.17, 15) is 8.42 Å². The van der Waals surface area contributed by atoms with Gasteiger partial charge in [-0.25, -0.2) is 8.42 Å². The van der Waals surface area contributed by atoms with Gasteiger partial charge in [0, 0.05) is 6.54 Å². The average molecular weight is 386 g/mol. The molecule has 2 aliphatic rings. The third kappa shape index (κ3) is 3.45. The summed E-state index contributed by atoms with van der Waals surface area (Å²) in [5.41, 5.74) is 3.00. The van der Waals surface area contributed by atoms with E-state index in [1.54, 1.807) is 19.2 Å². The van der Waals surface area contributed by atoms with Gasteiger partial charge in [0.1, 0.15) is 5.75 Å². The zero-order valence-corrected chi connectivity index (χ0v) is 16.7. The van der Waals surface area contributed by atoms with E-state index >= 15 is 0 Å². The molecule has 0 atom stereocenters. The maximum absolute atomic E-state index is 13.4. The molecule has 0 bridgehead atoms. The Kier molecular flexibility index (Phi) is 5.13. The lowest BCUT2D eigenvalue weighted by atomic mass is 9.84. The molecule has 1 fully saturated rings. The van der Waals surface area contributed by atoms with Crippen molar-refractivity contribution in [2.24, 2.45) is 0 Å². The summed E-state index contributed by atoms with van der Waals surface area (Å²) in [6.45, 7) is 0.486. The van der Waals surface area contributed by atoms with Crippen LogP contribution in [0.1, 0.15) is 55.6 Å². The number of nitrogens with zero attached hydrogens (tertiary/aromatic N) is 1. The van der Waals surface area contributed by atoms with Crippen LogP contribution >= 0.6 is 0 Å². The molecule has 27 heavy (non-hydrogen) atoms. The van der Waals surface area contributed by atoms with Crippen LogP contribution in [-0.2, 0) is 16.4 Å². The molecule has 4 nitrogen and oxygen atoms in total. The van der Waals surface area contributed by atoms with Gasteiger partial charge in [0.15, 0.2) is 0 Å². The van der Waals surface area contributed by atoms with Gasteiger partial charge in [0.25, 0.3) is 10.0 Å². The van der Waals surface area contributed by atoms with Gasteiger partial charge in [-0.3, -0.25) is 4.31 Å². The van der Waals surface area contributed by atoms with Crippen LogP contribution in [0.5, 0.6) is 5.75 Å². The first kappa shape index (κ1) is 18.4. The Bertz CT molecular complexity index is 885. The summed E-state index contributed by atoms with van der Waals surface area (Å²) in [7, 11) is -2.01. The second-order valence-electron chi connectivity index (χ2n) is 7.55. The van der Waals surface area contributed by atoms with E-state index in [0.29, 0.717) is 28.8 Å². The van der Waals surface area contributed by atoms with Crippen LogP contribution in [0.15, 0.2) is 47.4 Å². The molecule has 1 aliphatic heterocycles. The van der Waals surface area contributed by atoms with Crippen LogP contribution in [0, 0.1) is 0 Å². The van der Waals surface area contributed by atoms with Gasteiger partial charge >= 0.3 is 0 Å². The predicted octanol–water partition coefficient (Wildman–Crippen LogP) is 4.88. The van der Waals surface area contributed by atoms with Crippen LogP contribution in [0.2, 0.25) is 0 Å². The Morgan fingerprint density at radius 1 is 0.963 bits per heavy atom. The second kappa shape index (κ2) is 7.55. The van der Waals surface area contributed by atoms with Crippen molar-refractivity contribution in [3.63, 3.8) is 0 Å². The lowest BCUT2D eigenvalue weighted by molar-refractivity contribution is 0.414. The minimum absolute atomic E-state index is 0.362. The number of benzene rings is 2. The highest BCUT2D eigenvalue weighted by atomic mass is 32.2. The first-order valence-electron chi connectivity index (χ1n) is 9.90. The van der Waals surface area contributed by atoms with Gasteiger partial charge in [-0.15, -0.1) is 0 Å². The summed E-state index contributed by atoms with van der Waals surface area (Å²) in [6, 6.07) is 13.3. The molecule has 0 saturated heterocycles. The topological polar surface area (TPSA) is 46.6 Å². The van der Waals surface area contributed by atoms with E-state index in [2.05, 4.69) is 0 Å². The van der Waals surface area contributed by atoms with Crippen molar-refractivity contribution in [3.05, 3.63) is 53.6 Å². The normalized spacial score (nSPS) is 18.2. The minimum atomic E-state index is -3.60. The number of sulfonamides is 1. The van der Waals surface area contributed by atoms with E-state index < -0.39 is 10.0 Å². The summed E-state index contributed by atoms with van der Waals surface area (Å²) in [4.78, 5) is 0.362. The first-order valence-corrected chi connectivity index (χ1v) is 11.3. The molecule has 1 saturated carbocycles. The van der Waals surface area contributed by atoms with Crippen molar-refractivity contribution < 1.29 is 13.2 Å². The summed E-state index contributed by atoms with van der Waals surface area (Å²) in [5, 5.41) is 0. The maximum atomic E-state index is 13.4. The zero-order valence-electron chi connectivity index (χ0n) is 15.9. The minimum Gasteiger partial charge on any atom is -0.495 e. The number of ether oxygens (including phenoxy) is 1. The van der Waals surface area contributed by atoms with Gasteiger partial charge in [-0.05, 0) is 60.9 Å². The van der Waals surface area contributed by atoms with E-state index in [1.165, 1.54) is 42.0 Å². The van der Waals surface area contributed by atoms with E-state index in [-0.39, 0.29) is 0 Å². The summed E-state index contributed by atoms with van der Waals surface area (Å²) in [6.07, 6.45) is 7.98. The van der Waals surface area contributed by atoms with Gasteiger partial charge in [0.05, 0.1) is 17.7 Å². The average Bonchev–Trinajstić information content (AvgIpc) is 2.73. The molecule has 0 unspecified atom stereocenters. The second-order valence-corrected chi connectivity index (χ2v) is 9.42. The largest absolute Gasteiger partial charge is 0.495 e. The van der Waals surface area contributed by atoms with E-state index in [1.807, 2.05) is 30.3 Å². The number of hydrogen-bond donors (Lipinski definition) is 0. The van der Waals surface area contributed by atoms with Crippen LogP contribution in [-0.4, -0.2) is 22.1 Å². The molecule has 0 N–H and O–H groups in total. The van der Waals surface area contributed by atoms with Crippen molar-refractivity contribution in [1.82, 2.24) is 0 Å². The molecular formula is C22H27NO3S. The van der Waals surface area contributed by atoms with Crippen LogP contribution in [0.4, 0.5) is 5.69 Å².